The molecule has 6 nitrogen and oxygen atoms in total. The number of ether oxygens (including phenoxy) is 1. The van der Waals surface area contributed by atoms with Gasteiger partial charge in [0.05, 0.1) is 11.1 Å². The van der Waals surface area contributed by atoms with Crippen LogP contribution in [0.3, 0.4) is 0 Å². The number of carbonyl (C=O) groups excluding carboxylic acids is 2. The molecule has 2 aliphatic rings. The van der Waals surface area contributed by atoms with Gasteiger partial charge in [-0.05, 0) is 24.5 Å². The Bertz CT molecular complexity index is 777. The van der Waals surface area contributed by atoms with E-state index in [1.807, 2.05) is 35.2 Å². The third kappa shape index (κ3) is 4.65. The molecule has 0 unspecified atom stereocenters. The molecule has 0 aliphatic carbocycles. The number of rotatable bonds is 5. The Balaban J connectivity index is 1.82. The molecule has 2 aliphatic heterocycles. The van der Waals surface area contributed by atoms with E-state index in [1.54, 1.807) is 19.3 Å². The molecule has 1 saturated heterocycles. The molecule has 0 radical (unpaired) electrons. The van der Waals surface area contributed by atoms with Crippen molar-refractivity contribution in [3.8, 4) is 0 Å². The van der Waals surface area contributed by atoms with Crippen molar-refractivity contribution in [3.05, 3.63) is 71.6 Å². The highest BCUT2D eigenvalue weighted by Gasteiger charge is 2.26. The van der Waals surface area contributed by atoms with Gasteiger partial charge in [0, 0.05) is 44.7 Å². The van der Waals surface area contributed by atoms with Crippen molar-refractivity contribution in [3.63, 3.8) is 0 Å². The van der Waals surface area contributed by atoms with Crippen LogP contribution in [0.2, 0.25) is 0 Å². The van der Waals surface area contributed by atoms with Gasteiger partial charge in [-0.15, -0.1) is 0 Å². The van der Waals surface area contributed by atoms with Crippen molar-refractivity contribution in [2.45, 2.75) is 25.4 Å². The first-order chi connectivity index (χ1) is 13.1. The molecule has 0 aromatic heterocycles. The smallest absolute Gasteiger partial charge is 0.253 e. The Morgan fingerprint density at radius 3 is 2.56 bits per heavy atom. The van der Waals surface area contributed by atoms with Crippen molar-refractivity contribution >= 4 is 11.8 Å². The average molecular weight is 367 g/mol. The molecule has 0 saturated carbocycles. The lowest BCUT2D eigenvalue weighted by Crippen LogP contribution is -2.40. The monoisotopic (exact) mass is 367 g/mol. The van der Waals surface area contributed by atoms with Gasteiger partial charge in [0.15, 0.2) is 0 Å². The van der Waals surface area contributed by atoms with Gasteiger partial charge in [0.2, 0.25) is 0 Å². The maximum atomic E-state index is 12.8. The molecule has 2 amide bonds. The second-order valence-corrected chi connectivity index (χ2v) is 6.64. The number of carbonyl (C=O) groups is 2. The van der Waals surface area contributed by atoms with Crippen molar-refractivity contribution < 1.29 is 14.3 Å². The summed E-state index contributed by atoms with van der Waals surface area (Å²) in [6.45, 7) is 5.89. The molecule has 3 rings (SSSR count). The van der Waals surface area contributed by atoms with Crippen molar-refractivity contribution in [2.75, 3.05) is 20.3 Å². The van der Waals surface area contributed by atoms with E-state index in [4.69, 9.17) is 4.74 Å². The third-order valence-corrected chi connectivity index (χ3v) is 4.74. The first-order valence-corrected chi connectivity index (χ1v) is 9.12. The summed E-state index contributed by atoms with van der Waals surface area (Å²) in [6.07, 6.45) is 4.96. The van der Waals surface area contributed by atoms with Gasteiger partial charge in [-0.2, -0.15) is 0 Å². The average Bonchev–Trinajstić information content (AvgIpc) is 2.70. The maximum absolute atomic E-state index is 12.8. The zero-order valence-electron chi connectivity index (χ0n) is 15.5. The number of amides is 2. The van der Waals surface area contributed by atoms with E-state index in [1.165, 1.54) is 0 Å². The Morgan fingerprint density at radius 1 is 1.19 bits per heavy atom. The minimum absolute atomic E-state index is 0.0942. The Morgan fingerprint density at radius 2 is 1.89 bits per heavy atom. The number of nitrogens with one attached hydrogen (secondary N) is 2. The molecule has 1 fully saturated rings. The van der Waals surface area contributed by atoms with Gasteiger partial charge in [0.25, 0.3) is 11.8 Å². The summed E-state index contributed by atoms with van der Waals surface area (Å²) in [5.74, 6) is -0.448. The molecule has 142 valence electrons. The second-order valence-electron chi connectivity index (χ2n) is 6.64. The van der Waals surface area contributed by atoms with Gasteiger partial charge in [0.1, 0.15) is 0 Å². The van der Waals surface area contributed by atoms with Crippen LogP contribution >= 0.6 is 0 Å². The molecule has 0 bridgehead atoms. The maximum Gasteiger partial charge on any atom is 0.253 e. The molecule has 0 atom stereocenters. The first kappa shape index (κ1) is 18.9. The fourth-order valence-corrected chi connectivity index (χ4v) is 3.16. The van der Waals surface area contributed by atoms with E-state index in [0.717, 1.165) is 18.4 Å². The molecule has 27 heavy (non-hydrogen) atoms. The minimum atomic E-state index is -0.262. The number of nitrogens with zero attached hydrogens (tertiary/aromatic N) is 1. The molecule has 2 heterocycles. The summed E-state index contributed by atoms with van der Waals surface area (Å²) >= 11 is 0. The van der Waals surface area contributed by atoms with Crippen LogP contribution in [0.1, 0.15) is 18.4 Å². The van der Waals surface area contributed by atoms with Crippen LogP contribution in [-0.2, 0) is 20.9 Å². The van der Waals surface area contributed by atoms with Crippen molar-refractivity contribution in [1.82, 2.24) is 15.5 Å². The van der Waals surface area contributed by atoms with E-state index in [-0.39, 0.29) is 17.9 Å². The zero-order valence-corrected chi connectivity index (χ0v) is 15.5. The summed E-state index contributed by atoms with van der Waals surface area (Å²) in [4.78, 5) is 26.9. The number of benzene rings is 1. The number of likely N-dealkylation sites (N-methyl/N-ethyl adjacent to an activating group) is 1. The number of hydrogen-bond acceptors (Lipinski definition) is 4. The van der Waals surface area contributed by atoms with Gasteiger partial charge in [-0.1, -0.05) is 36.9 Å². The highest BCUT2D eigenvalue weighted by atomic mass is 16.5. The van der Waals surface area contributed by atoms with Gasteiger partial charge in [-0.25, -0.2) is 0 Å². The second kappa shape index (κ2) is 8.68. The van der Waals surface area contributed by atoms with Crippen LogP contribution in [0.4, 0.5) is 0 Å². The molecule has 1 aromatic carbocycles. The van der Waals surface area contributed by atoms with Gasteiger partial charge >= 0.3 is 0 Å². The summed E-state index contributed by atoms with van der Waals surface area (Å²) in [6, 6.07) is 9.96. The Kier molecular flexibility index (Phi) is 6.08. The lowest BCUT2D eigenvalue weighted by atomic mass is 10.0. The van der Waals surface area contributed by atoms with Gasteiger partial charge < -0.3 is 20.3 Å². The van der Waals surface area contributed by atoms with E-state index < -0.39 is 0 Å². The molecular weight excluding hydrogens is 342 g/mol. The molecular formula is C21H25N3O3. The van der Waals surface area contributed by atoms with Crippen molar-refractivity contribution in [1.29, 1.82) is 0 Å². The fraction of sp³-hybridized carbons (Fsp3) is 0.333. The van der Waals surface area contributed by atoms with E-state index in [0.29, 0.717) is 36.6 Å². The standard InChI is InChI=1S/C21H25N3O3/c1-15-19(21(26)22-2)12-17(20(25)23-18-8-10-27-11-9-18)14-24(15)13-16-6-4-3-5-7-16/h3-7,12,14,18H,1,8-11,13H2,2H3,(H,22,26)(H,23,25). The highest BCUT2D eigenvalue weighted by molar-refractivity contribution is 6.03. The van der Waals surface area contributed by atoms with Crippen LogP contribution in [0.15, 0.2) is 66.0 Å². The van der Waals surface area contributed by atoms with Crippen LogP contribution in [0.5, 0.6) is 0 Å². The minimum Gasteiger partial charge on any atom is -0.381 e. The quantitative estimate of drug-likeness (QED) is 0.834. The van der Waals surface area contributed by atoms with Crippen LogP contribution in [0, 0.1) is 0 Å². The summed E-state index contributed by atoms with van der Waals surface area (Å²) in [5.41, 5.74) is 2.48. The predicted octanol–water partition coefficient (Wildman–Crippen LogP) is 1.87. The lowest BCUT2D eigenvalue weighted by Gasteiger charge is -2.29. The molecule has 6 heteroatoms. The van der Waals surface area contributed by atoms with Crippen LogP contribution in [-0.4, -0.2) is 43.0 Å². The Labute approximate surface area is 159 Å². The fourth-order valence-electron chi connectivity index (χ4n) is 3.16. The molecule has 0 spiro atoms. The SMILES string of the molecule is C=C1C(C(=O)NC)=CC(C(=O)NC2CCOCC2)=CN1Cc1ccccc1. The van der Waals surface area contributed by atoms with Crippen LogP contribution < -0.4 is 10.6 Å². The first-order valence-electron chi connectivity index (χ1n) is 9.12. The molecule has 2 N–H and O–H groups in total. The third-order valence-electron chi connectivity index (χ3n) is 4.74. The van der Waals surface area contributed by atoms with E-state index >= 15 is 0 Å². The van der Waals surface area contributed by atoms with E-state index in [2.05, 4.69) is 17.2 Å². The summed E-state index contributed by atoms with van der Waals surface area (Å²) < 4.78 is 5.34. The normalized spacial score (nSPS) is 17.8. The summed E-state index contributed by atoms with van der Waals surface area (Å²) in [7, 11) is 1.57. The lowest BCUT2D eigenvalue weighted by molar-refractivity contribution is -0.118. The Hall–Kier alpha value is -2.86. The summed E-state index contributed by atoms with van der Waals surface area (Å²) in [5, 5.41) is 5.67. The van der Waals surface area contributed by atoms with Crippen LogP contribution in [0.25, 0.3) is 0 Å². The topological polar surface area (TPSA) is 70.7 Å². The van der Waals surface area contributed by atoms with E-state index in [9.17, 15) is 9.59 Å². The van der Waals surface area contributed by atoms with Crippen molar-refractivity contribution in [2.24, 2.45) is 0 Å². The largest absolute Gasteiger partial charge is 0.381 e. The predicted molar refractivity (Wildman–Crippen MR) is 103 cm³/mol. The number of hydrogen-bond donors (Lipinski definition) is 2. The van der Waals surface area contributed by atoms with Gasteiger partial charge in [-0.3, -0.25) is 9.59 Å². The zero-order chi connectivity index (χ0) is 19.2. The highest BCUT2D eigenvalue weighted by Crippen LogP contribution is 2.25. The molecule has 1 aromatic rings.